The van der Waals surface area contributed by atoms with Crippen LogP contribution in [0.5, 0.6) is 0 Å². The quantitative estimate of drug-likeness (QED) is 0.797. The van der Waals surface area contributed by atoms with Crippen molar-refractivity contribution in [3.05, 3.63) is 17.5 Å². The molecule has 0 amide bonds. The third-order valence-electron chi connectivity index (χ3n) is 1.76. The van der Waals surface area contributed by atoms with Crippen LogP contribution in [0, 0.1) is 0 Å². The topological polar surface area (TPSA) is 89.3 Å². The first-order chi connectivity index (χ1) is 6.83. The lowest BCUT2D eigenvalue weighted by Crippen LogP contribution is -2.08. The van der Waals surface area contributed by atoms with Crippen molar-refractivity contribution >= 4 is 15.8 Å². The van der Waals surface area contributed by atoms with E-state index in [2.05, 4.69) is 5.10 Å². The standard InChI is InChI=1S/C8H12N2O4S/c1-3-10-7(8(11)12)4-6(9-10)5-15(2,13)14/h4H,3,5H2,1-2H3,(H,11,12). The first-order valence-corrected chi connectivity index (χ1v) is 6.37. The summed E-state index contributed by atoms with van der Waals surface area (Å²) in [5.41, 5.74) is 0.271. The van der Waals surface area contributed by atoms with E-state index in [1.165, 1.54) is 10.7 Å². The molecule has 0 aromatic carbocycles. The van der Waals surface area contributed by atoms with E-state index in [1.54, 1.807) is 6.92 Å². The second kappa shape index (κ2) is 4.01. The van der Waals surface area contributed by atoms with Crippen molar-refractivity contribution in [2.45, 2.75) is 19.2 Å². The van der Waals surface area contributed by atoms with Gasteiger partial charge >= 0.3 is 5.97 Å². The first kappa shape index (κ1) is 11.7. The van der Waals surface area contributed by atoms with Crippen LogP contribution in [0.3, 0.4) is 0 Å². The van der Waals surface area contributed by atoms with Crippen molar-refractivity contribution in [1.82, 2.24) is 9.78 Å². The Morgan fingerprint density at radius 2 is 2.20 bits per heavy atom. The normalized spacial score (nSPS) is 11.6. The third-order valence-corrected chi connectivity index (χ3v) is 2.58. The molecule has 0 atom stereocenters. The van der Waals surface area contributed by atoms with Crippen LogP contribution in [0.15, 0.2) is 6.07 Å². The molecule has 0 aliphatic heterocycles. The predicted molar refractivity (Wildman–Crippen MR) is 53.4 cm³/mol. The summed E-state index contributed by atoms with van der Waals surface area (Å²) in [5.74, 6) is -1.34. The number of carboxylic acids is 1. The number of hydrogen-bond acceptors (Lipinski definition) is 4. The Hall–Kier alpha value is -1.37. The highest BCUT2D eigenvalue weighted by Gasteiger charge is 2.15. The minimum atomic E-state index is -3.18. The molecule has 0 radical (unpaired) electrons. The fourth-order valence-corrected chi connectivity index (χ4v) is 1.90. The number of aromatic carboxylic acids is 1. The lowest BCUT2D eigenvalue weighted by Gasteiger charge is -1.97. The summed E-state index contributed by atoms with van der Waals surface area (Å²) in [6, 6.07) is 1.28. The molecule has 0 aliphatic rings. The number of nitrogens with zero attached hydrogens (tertiary/aromatic N) is 2. The molecule has 0 fully saturated rings. The Labute approximate surface area is 87.4 Å². The van der Waals surface area contributed by atoms with E-state index in [-0.39, 0.29) is 17.1 Å². The summed E-state index contributed by atoms with van der Waals surface area (Å²) in [7, 11) is -3.18. The van der Waals surface area contributed by atoms with E-state index in [0.717, 1.165) is 6.26 Å². The van der Waals surface area contributed by atoms with Crippen LogP contribution >= 0.6 is 0 Å². The molecule has 6 nitrogen and oxygen atoms in total. The maximum absolute atomic E-state index is 11.0. The van der Waals surface area contributed by atoms with Gasteiger partial charge in [0.25, 0.3) is 0 Å². The summed E-state index contributed by atoms with van der Waals surface area (Å²) in [4.78, 5) is 10.7. The molecule has 0 spiro atoms. The van der Waals surface area contributed by atoms with Crippen LogP contribution in [0.4, 0.5) is 0 Å². The van der Waals surface area contributed by atoms with Gasteiger partial charge in [-0.15, -0.1) is 0 Å². The van der Waals surface area contributed by atoms with Crippen molar-refractivity contribution in [2.75, 3.05) is 6.26 Å². The number of aromatic nitrogens is 2. The Balaban J connectivity index is 3.08. The van der Waals surface area contributed by atoms with Gasteiger partial charge in [0.2, 0.25) is 0 Å². The first-order valence-electron chi connectivity index (χ1n) is 4.31. The number of carboxylic acid groups (broad SMARTS) is 1. The van der Waals surface area contributed by atoms with Gasteiger partial charge in [0.1, 0.15) is 5.69 Å². The average Bonchev–Trinajstić information content (AvgIpc) is 2.44. The van der Waals surface area contributed by atoms with Crippen molar-refractivity contribution in [2.24, 2.45) is 0 Å². The van der Waals surface area contributed by atoms with E-state index in [4.69, 9.17) is 5.11 Å². The summed E-state index contributed by atoms with van der Waals surface area (Å²) < 4.78 is 23.2. The molecule has 0 unspecified atom stereocenters. The molecule has 7 heteroatoms. The van der Waals surface area contributed by atoms with Crippen molar-refractivity contribution in [3.63, 3.8) is 0 Å². The van der Waals surface area contributed by atoms with Crippen LogP contribution in [-0.2, 0) is 22.1 Å². The van der Waals surface area contributed by atoms with Gasteiger partial charge in [0.15, 0.2) is 9.84 Å². The molecule has 84 valence electrons. The highest BCUT2D eigenvalue weighted by Crippen LogP contribution is 2.07. The lowest BCUT2D eigenvalue weighted by molar-refractivity contribution is 0.0683. The summed E-state index contributed by atoms with van der Waals surface area (Å²) in [6.45, 7) is 2.13. The van der Waals surface area contributed by atoms with E-state index >= 15 is 0 Å². The zero-order valence-electron chi connectivity index (χ0n) is 8.47. The van der Waals surface area contributed by atoms with Gasteiger partial charge in [-0.3, -0.25) is 4.68 Å². The number of hydrogen-bond donors (Lipinski definition) is 1. The SMILES string of the molecule is CCn1nc(CS(C)(=O)=O)cc1C(=O)O. The molecule has 1 aromatic heterocycles. The molecule has 0 bridgehead atoms. The average molecular weight is 232 g/mol. The Morgan fingerprint density at radius 3 is 2.53 bits per heavy atom. The van der Waals surface area contributed by atoms with Crippen LogP contribution in [0.25, 0.3) is 0 Å². The zero-order valence-corrected chi connectivity index (χ0v) is 9.28. The maximum atomic E-state index is 11.0. The molecule has 1 rings (SSSR count). The fourth-order valence-electron chi connectivity index (χ4n) is 1.22. The summed E-state index contributed by atoms with van der Waals surface area (Å²) in [5, 5.41) is 12.7. The minimum absolute atomic E-state index is 0.0103. The van der Waals surface area contributed by atoms with Crippen LogP contribution in [0.2, 0.25) is 0 Å². The predicted octanol–water partition coefficient (Wildman–Crippen LogP) is 0.146. The third kappa shape index (κ3) is 3.05. The second-order valence-electron chi connectivity index (χ2n) is 3.21. The van der Waals surface area contributed by atoms with Crippen LogP contribution in [-0.4, -0.2) is 35.5 Å². The van der Waals surface area contributed by atoms with Crippen molar-refractivity contribution in [1.29, 1.82) is 0 Å². The lowest BCUT2D eigenvalue weighted by atomic mass is 10.4. The molecule has 1 aromatic rings. The van der Waals surface area contributed by atoms with E-state index < -0.39 is 15.8 Å². The summed E-state index contributed by atoms with van der Waals surface area (Å²) in [6.07, 6.45) is 1.08. The smallest absolute Gasteiger partial charge is 0.354 e. The molecular formula is C8H12N2O4S. The molecule has 1 N–H and O–H groups in total. The largest absolute Gasteiger partial charge is 0.477 e. The number of carbonyl (C=O) groups is 1. The van der Waals surface area contributed by atoms with Crippen LogP contribution < -0.4 is 0 Å². The molecule has 0 aliphatic carbocycles. The number of sulfone groups is 1. The molecule has 0 saturated heterocycles. The second-order valence-corrected chi connectivity index (χ2v) is 5.35. The van der Waals surface area contributed by atoms with Crippen molar-refractivity contribution < 1.29 is 18.3 Å². The highest BCUT2D eigenvalue weighted by molar-refractivity contribution is 7.89. The van der Waals surface area contributed by atoms with E-state index in [0.29, 0.717) is 6.54 Å². The monoisotopic (exact) mass is 232 g/mol. The highest BCUT2D eigenvalue weighted by atomic mass is 32.2. The van der Waals surface area contributed by atoms with Gasteiger partial charge in [0, 0.05) is 12.8 Å². The van der Waals surface area contributed by atoms with E-state index in [1.807, 2.05) is 0 Å². The van der Waals surface area contributed by atoms with Gasteiger partial charge in [-0.1, -0.05) is 0 Å². The van der Waals surface area contributed by atoms with Gasteiger partial charge < -0.3 is 5.11 Å². The number of aryl methyl sites for hydroxylation is 1. The Kier molecular flexibility index (Phi) is 3.13. The maximum Gasteiger partial charge on any atom is 0.354 e. The fraction of sp³-hybridized carbons (Fsp3) is 0.500. The van der Waals surface area contributed by atoms with Gasteiger partial charge in [-0.05, 0) is 13.0 Å². The number of rotatable bonds is 4. The zero-order chi connectivity index (χ0) is 11.6. The Bertz CT molecular complexity index is 475. The van der Waals surface area contributed by atoms with Gasteiger partial charge in [0.05, 0.1) is 11.4 Å². The minimum Gasteiger partial charge on any atom is -0.477 e. The van der Waals surface area contributed by atoms with Crippen LogP contribution in [0.1, 0.15) is 23.1 Å². The summed E-state index contributed by atoms with van der Waals surface area (Å²) >= 11 is 0. The van der Waals surface area contributed by atoms with Gasteiger partial charge in [-0.2, -0.15) is 5.10 Å². The molecule has 15 heavy (non-hydrogen) atoms. The van der Waals surface area contributed by atoms with E-state index in [9.17, 15) is 13.2 Å². The molecule has 0 saturated carbocycles. The molecule has 1 heterocycles. The van der Waals surface area contributed by atoms with Crippen molar-refractivity contribution in [3.8, 4) is 0 Å². The Morgan fingerprint density at radius 1 is 1.60 bits per heavy atom. The molecular weight excluding hydrogens is 220 g/mol. The van der Waals surface area contributed by atoms with Gasteiger partial charge in [-0.25, -0.2) is 13.2 Å².